The van der Waals surface area contributed by atoms with Gasteiger partial charge in [-0.25, -0.2) is 4.98 Å². The fraction of sp³-hybridized carbons (Fsp3) is 0.136. The molecule has 6 heteroatoms. The zero-order valence-electron chi connectivity index (χ0n) is 15.1. The van der Waals surface area contributed by atoms with E-state index >= 15 is 0 Å². The topological polar surface area (TPSA) is 68.0 Å². The number of pyridine rings is 1. The Balaban J connectivity index is 1.35. The van der Waals surface area contributed by atoms with Crippen molar-refractivity contribution in [1.29, 1.82) is 0 Å². The van der Waals surface area contributed by atoms with E-state index in [0.717, 1.165) is 16.7 Å². The Morgan fingerprint density at radius 1 is 1.04 bits per heavy atom. The van der Waals surface area contributed by atoms with Crippen LogP contribution < -0.4 is 5.32 Å². The summed E-state index contributed by atoms with van der Waals surface area (Å²) in [5, 5.41) is 4.33. The van der Waals surface area contributed by atoms with Gasteiger partial charge in [0.15, 0.2) is 11.7 Å². The van der Waals surface area contributed by atoms with Crippen LogP contribution in [-0.4, -0.2) is 15.9 Å². The fourth-order valence-electron chi connectivity index (χ4n) is 3.02. The normalized spacial score (nSPS) is 10.9. The first kappa shape index (κ1) is 18.2. The molecule has 1 N–H and O–H groups in total. The predicted octanol–water partition coefficient (Wildman–Crippen LogP) is 5.50. The Labute approximate surface area is 167 Å². The summed E-state index contributed by atoms with van der Waals surface area (Å²) in [6, 6.07) is 17.1. The van der Waals surface area contributed by atoms with Gasteiger partial charge in [0.05, 0.1) is 22.4 Å². The monoisotopic (exact) mass is 391 g/mol. The highest BCUT2D eigenvalue weighted by atomic mass is 35.5. The largest absolute Gasteiger partial charge is 0.441 e. The number of rotatable bonds is 6. The number of halogens is 1. The molecule has 0 radical (unpaired) electrons. The smallest absolute Gasteiger partial charge is 0.224 e. The Hall–Kier alpha value is -3.18. The maximum atomic E-state index is 12.3. The summed E-state index contributed by atoms with van der Waals surface area (Å²) < 4.78 is 5.77. The van der Waals surface area contributed by atoms with Gasteiger partial charge in [-0.2, -0.15) is 0 Å². The van der Waals surface area contributed by atoms with Gasteiger partial charge in [0.25, 0.3) is 0 Å². The number of anilines is 1. The van der Waals surface area contributed by atoms with E-state index in [2.05, 4.69) is 15.3 Å². The first-order valence-corrected chi connectivity index (χ1v) is 9.42. The lowest BCUT2D eigenvalue weighted by molar-refractivity contribution is -0.116. The van der Waals surface area contributed by atoms with Crippen molar-refractivity contribution in [3.63, 3.8) is 0 Å². The van der Waals surface area contributed by atoms with E-state index in [1.807, 2.05) is 42.5 Å². The molecule has 0 bridgehead atoms. The minimum Gasteiger partial charge on any atom is -0.441 e. The van der Waals surface area contributed by atoms with E-state index in [4.69, 9.17) is 16.0 Å². The van der Waals surface area contributed by atoms with Gasteiger partial charge in [0, 0.05) is 30.0 Å². The molecule has 5 nitrogen and oxygen atoms in total. The van der Waals surface area contributed by atoms with Crippen LogP contribution in [0.5, 0.6) is 0 Å². The molecule has 0 aliphatic rings. The highest BCUT2D eigenvalue weighted by molar-refractivity contribution is 6.35. The van der Waals surface area contributed by atoms with Crippen LogP contribution in [0.15, 0.2) is 71.4 Å². The lowest BCUT2D eigenvalue weighted by Gasteiger charge is -2.09. The van der Waals surface area contributed by atoms with Gasteiger partial charge in [-0.1, -0.05) is 41.9 Å². The van der Waals surface area contributed by atoms with E-state index in [0.29, 0.717) is 41.4 Å². The molecule has 0 unspecified atom stereocenters. The molecular weight excluding hydrogens is 374 g/mol. The van der Waals surface area contributed by atoms with Crippen LogP contribution in [0.2, 0.25) is 5.02 Å². The van der Waals surface area contributed by atoms with Crippen LogP contribution in [0.3, 0.4) is 0 Å². The van der Waals surface area contributed by atoms with Crippen LogP contribution in [0.4, 0.5) is 5.69 Å². The lowest BCUT2D eigenvalue weighted by atomic mass is 10.1. The van der Waals surface area contributed by atoms with Crippen LogP contribution in [0.1, 0.15) is 18.7 Å². The quantitative estimate of drug-likeness (QED) is 0.471. The van der Waals surface area contributed by atoms with Crippen LogP contribution in [0, 0.1) is 0 Å². The van der Waals surface area contributed by atoms with Crippen molar-refractivity contribution in [2.75, 3.05) is 5.32 Å². The predicted molar refractivity (Wildman–Crippen MR) is 110 cm³/mol. The fourth-order valence-corrected chi connectivity index (χ4v) is 3.24. The van der Waals surface area contributed by atoms with Crippen LogP contribution >= 0.6 is 11.6 Å². The summed E-state index contributed by atoms with van der Waals surface area (Å²) in [5.74, 6) is 1.30. The standard InChI is InChI=1S/C22H18ClN3O2/c23-17-11-12-18(16-8-5-13-24-22(16)17)26-20(27)9-4-10-21-25-14-19(28-21)15-6-2-1-3-7-15/h1-3,5-8,11-14H,4,9-10H2,(H,26,27). The summed E-state index contributed by atoms with van der Waals surface area (Å²) >= 11 is 6.17. The molecule has 0 saturated carbocycles. The molecule has 2 aromatic heterocycles. The number of benzene rings is 2. The summed E-state index contributed by atoms with van der Waals surface area (Å²) in [7, 11) is 0. The SMILES string of the molecule is O=C(CCCc1ncc(-c2ccccc2)o1)Nc1ccc(Cl)c2ncccc12. The van der Waals surface area contributed by atoms with Crippen LogP contribution in [-0.2, 0) is 11.2 Å². The third-order valence-electron chi connectivity index (χ3n) is 4.40. The Kier molecular flexibility index (Phi) is 5.35. The van der Waals surface area contributed by atoms with Gasteiger partial charge in [-0.3, -0.25) is 9.78 Å². The summed E-state index contributed by atoms with van der Waals surface area (Å²) in [6.45, 7) is 0. The van der Waals surface area contributed by atoms with Gasteiger partial charge in [0.1, 0.15) is 0 Å². The molecule has 0 aliphatic carbocycles. The highest BCUT2D eigenvalue weighted by Gasteiger charge is 2.10. The number of carbonyl (C=O) groups is 1. The van der Waals surface area contributed by atoms with Crippen molar-refractivity contribution in [1.82, 2.24) is 9.97 Å². The van der Waals surface area contributed by atoms with Crippen molar-refractivity contribution in [3.8, 4) is 11.3 Å². The van der Waals surface area contributed by atoms with Crippen molar-refractivity contribution < 1.29 is 9.21 Å². The molecule has 0 saturated heterocycles. The van der Waals surface area contributed by atoms with E-state index in [1.54, 1.807) is 24.5 Å². The molecule has 1 amide bonds. The van der Waals surface area contributed by atoms with Gasteiger partial charge in [0.2, 0.25) is 5.91 Å². The van der Waals surface area contributed by atoms with Crippen LogP contribution in [0.25, 0.3) is 22.2 Å². The number of nitrogens with zero attached hydrogens (tertiary/aromatic N) is 2. The average molecular weight is 392 g/mol. The minimum absolute atomic E-state index is 0.0673. The third-order valence-corrected chi connectivity index (χ3v) is 4.71. The van der Waals surface area contributed by atoms with E-state index in [-0.39, 0.29) is 5.91 Å². The maximum absolute atomic E-state index is 12.3. The molecule has 4 rings (SSSR count). The first-order valence-electron chi connectivity index (χ1n) is 9.04. The second-order valence-corrected chi connectivity index (χ2v) is 6.79. The number of amides is 1. The molecule has 28 heavy (non-hydrogen) atoms. The Bertz CT molecular complexity index is 1110. The zero-order valence-corrected chi connectivity index (χ0v) is 15.8. The molecule has 0 atom stereocenters. The number of hydrogen-bond donors (Lipinski definition) is 1. The van der Waals surface area contributed by atoms with E-state index < -0.39 is 0 Å². The number of carbonyl (C=O) groups excluding carboxylic acids is 1. The maximum Gasteiger partial charge on any atom is 0.224 e. The second kappa shape index (κ2) is 8.23. The van der Waals surface area contributed by atoms with Gasteiger partial charge < -0.3 is 9.73 Å². The number of oxazole rings is 1. The molecule has 4 aromatic rings. The zero-order chi connectivity index (χ0) is 19.3. The first-order chi connectivity index (χ1) is 13.7. The van der Waals surface area contributed by atoms with Gasteiger partial charge >= 0.3 is 0 Å². The molecule has 2 heterocycles. The Morgan fingerprint density at radius 3 is 2.75 bits per heavy atom. The summed E-state index contributed by atoms with van der Waals surface area (Å²) in [6.07, 6.45) is 5.01. The molecular formula is C22H18ClN3O2. The average Bonchev–Trinajstić information content (AvgIpc) is 3.20. The number of aryl methyl sites for hydroxylation is 1. The van der Waals surface area contributed by atoms with E-state index in [1.165, 1.54) is 0 Å². The Morgan fingerprint density at radius 2 is 1.89 bits per heavy atom. The van der Waals surface area contributed by atoms with Crippen molar-refractivity contribution in [2.24, 2.45) is 0 Å². The van der Waals surface area contributed by atoms with Crippen molar-refractivity contribution >= 4 is 34.1 Å². The highest BCUT2D eigenvalue weighted by Crippen LogP contribution is 2.28. The van der Waals surface area contributed by atoms with Gasteiger partial charge in [-0.15, -0.1) is 0 Å². The summed E-state index contributed by atoms with van der Waals surface area (Å²) in [5.41, 5.74) is 2.37. The number of nitrogens with one attached hydrogen (secondary N) is 1. The number of aromatic nitrogens is 2. The van der Waals surface area contributed by atoms with Gasteiger partial charge in [-0.05, 0) is 30.7 Å². The minimum atomic E-state index is -0.0673. The van der Waals surface area contributed by atoms with Crippen molar-refractivity contribution in [2.45, 2.75) is 19.3 Å². The van der Waals surface area contributed by atoms with E-state index in [9.17, 15) is 4.79 Å². The molecule has 140 valence electrons. The molecule has 0 spiro atoms. The third kappa shape index (κ3) is 4.05. The molecule has 0 aliphatic heterocycles. The second-order valence-electron chi connectivity index (χ2n) is 6.38. The number of hydrogen-bond acceptors (Lipinski definition) is 4. The number of fused-ring (bicyclic) bond motifs is 1. The molecule has 2 aromatic carbocycles. The van der Waals surface area contributed by atoms with Crippen molar-refractivity contribution in [3.05, 3.63) is 77.9 Å². The molecule has 0 fully saturated rings. The summed E-state index contributed by atoms with van der Waals surface area (Å²) in [4.78, 5) is 20.9. The lowest BCUT2D eigenvalue weighted by Crippen LogP contribution is -2.12.